The predicted molar refractivity (Wildman–Crippen MR) is 125 cm³/mol. The molecule has 0 radical (unpaired) electrons. The minimum Gasteiger partial charge on any atom is -0.478 e. The van der Waals surface area contributed by atoms with Crippen LogP contribution in [-0.2, 0) is 0 Å². The highest BCUT2D eigenvalue weighted by Crippen LogP contribution is 2.31. The summed E-state index contributed by atoms with van der Waals surface area (Å²) in [7, 11) is 0. The third kappa shape index (κ3) is 3.73. The van der Waals surface area contributed by atoms with E-state index in [1.54, 1.807) is 0 Å². The summed E-state index contributed by atoms with van der Waals surface area (Å²) in [5.41, 5.74) is 6.75. The number of nitrogens with zero attached hydrogens (tertiary/aromatic N) is 1. The molecule has 0 atom stereocenters. The smallest absolute Gasteiger partial charge is 0.335 e. The maximum atomic E-state index is 12.9. The number of carbonyl (C=O) groups is 2. The van der Waals surface area contributed by atoms with E-state index in [2.05, 4.69) is 40.3 Å². The monoisotopic (exact) mass is 422 g/mol. The molecule has 5 heteroatoms. The minimum absolute atomic E-state index is 0.140. The Hall–Kier alpha value is -3.99. The number of aromatic nitrogens is 2. The van der Waals surface area contributed by atoms with E-state index < -0.39 is 5.97 Å². The number of hydrogen-bond donors (Lipinski definition) is 2. The summed E-state index contributed by atoms with van der Waals surface area (Å²) in [5, 5.41) is 9.05. The van der Waals surface area contributed by atoms with Gasteiger partial charge >= 0.3 is 5.97 Å². The molecule has 0 amide bonds. The van der Waals surface area contributed by atoms with Gasteiger partial charge in [0.1, 0.15) is 0 Å². The summed E-state index contributed by atoms with van der Waals surface area (Å²) in [5.74, 6) is -1.06. The molecule has 2 N–H and O–H groups in total. The van der Waals surface area contributed by atoms with Crippen LogP contribution in [0.1, 0.15) is 57.8 Å². The molecule has 5 nitrogen and oxygen atoms in total. The highest BCUT2D eigenvalue weighted by molar-refractivity contribution is 6.09. The van der Waals surface area contributed by atoms with E-state index >= 15 is 0 Å². The normalized spacial score (nSPS) is 13.7. The lowest BCUT2D eigenvalue weighted by Gasteiger charge is -2.13. The van der Waals surface area contributed by atoms with Crippen LogP contribution in [-0.4, -0.2) is 26.8 Å². The maximum Gasteiger partial charge on any atom is 0.335 e. The van der Waals surface area contributed by atoms with Gasteiger partial charge in [-0.15, -0.1) is 0 Å². The molecule has 0 fully saturated rings. The van der Waals surface area contributed by atoms with Crippen molar-refractivity contribution >= 4 is 28.4 Å². The molecule has 0 aliphatic heterocycles. The van der Waals surface area contributed by atoms with Crippen LogP contribution in [0.3, 0.4) is 0 Å². The van der Waals surface area contributed by atoms with Crippen molar-refractivity contribution in [3.05, 3.63) is 95.3 Å². The van der Waals surface area contributed by atoms with E-state index in [1.807, 2.05) is 18.2 Å². The van der Waals surface area contributed by atoms with E-state index in [4.69, 9.17) is 5.11 Å². The van der Waals surface area contributed by atoms with Crippen molar-refractivity contribution in [2.75, 3.05) is 0 Å². The summed E-state index contributed by atoms with van der Waals surface area (Å²) in [4.78, 5) is 31.7. The Morgan fingerprint density at radius 2 is 1.56 bits per heavy atom. The fourth-order valence-corrected chi connectivity index (χ4v) is 4.24. The first-order chi connectivity index (χ1) is 15.6. The van der Waals surface area contributed by atoms with Crippen LogP contribution in [0.15, 0.2) is 72.8 Å². The Morgan fingerprint density at radius 3 is 2.25 bits per heavy atom. The lowest BCUT2D eigenvalue weighted by molar-refractivity contribution is 0.0696. The van der Waals surface area contributed by atoms with Gasteiger partial charge < -0.3 is 10.1 Å². The second-order valence-corrected chi connectivity index (χ2v) is 8.05. The van der Waals surface area contributed by atoms with E-state index in [-0.39, 0.29) is 17.2 Å². The Bertz CT molecular complexity index is 1350. The van der Waals surface area contributed by atoms with Gasteiger partial charge in [-0.05, 0) is 60.6 Å². The number of carbonyl (C=O) groups excluding carboxylic acids is 1. The Balaban J connectivity index is 1.47. The zero-order chi connectivity index (χ0) is 22.1. The highest BCUT2D eigenvalue weighted by atomic mass is 16.4. The Kier molecular flexibility index (Phi) is 5.15. The molecule has 158 valence electrons. The molecule has 1 aromatic heterocycles. The first-order valence-corrected chi connectivity index (χ1v) is 10.8. The van der Waals surface area contributed by atoms with Crippen LogP contribution < -0.4 is 0 Å². The number of aromatic carboxylic acids is 1. The van der Waals surface area contributed by atoms with Crippen LogP contribution in [0.5, 0.6) is 0 Å². The van der Waals surface area contributed by atoms with Crippen LogP contribution in [0, 0.1) is 0 Å². The summed E-state index contributed by atoms with van der Waals surface area (Å²) >= 11 is 0. The number of ketones is 1. The topological polar surface area (TPSA) is 83.0 Å². The standard InChI is InChI=1S/C27H22N2O3/c30-25(20-13-15-21(16-14-20)27(31)32)26-28-23-8-4-7-22(24(23)29-26)19-11-9-18(10-12-19)17-5-2-1-3-6-17/h4-5,7-16H,1-3,6H2,(H,28,29)(H,31,32). The number of H-pyrrole nitrogens is 1. The van der Waals surface area contributed by atoms with Crippen LogP contribution in [0.2, 0.25) is 0 Å². The molecule has 32 heavy (non-hydrogen) atoms. The fourth-order valence-electron chi connectivity index (χ4n) is 4.24. The molecule has 0 saturated heterocycles. The van der Waals surface area contributed by atoms with Gasteiger partial charge in [0.2, 0.25) is 5.78 Å². The lowest BCUT2D eigenvalue weighted by Crippen LogP contribution is -2.04. The van der Waals surface area contributed by atoms with Gasteiger partial charge in [-0.25, -0.2) is 9.78 Å². The first-order valence-electron chi connectivity index (χ1n) is 10.8. The zero-order valence-electron chi connectivity index (χ0n) is 17.5. The van der Waals surface area contributed by atoms with Crippen molar-refractivity contribution in [3.63, 3.8) is 0 Å². The number of fused-ring (bicyclic) bond motifs is 1. The van der Waals surface area contributed by atoms with E-state index in [0.717, 1.165) is 35.0 Å². The molecule has 1 heterocycles. The summed E-state index contributed by atoms with van der Waals surface area (Å²) in [6, 6.07) is 20.3. The molecule has 1 aliphatic rings. The van der Waals surface area contributed by atoms with Gasteiger partial charge in [0, 0.05) is 11.1 Å². The van der Waals surface area contributed by atoms with Gasteiger partial charge in [-0.2, -0.15) is 0 Å². The maximum absolute atomic E-state index is 12.9. The average Bonchev–Trinajstić information content (AvgIpc) is 3.29. The van der Waals surface area contributed by atoms with Crippen molar-refractivity contribution in [3.8, 4) is 11.1 Å². The number of aromatic amines is 1. The molecule has 0 unspecified atom stereocenters. The molecule has 3 aromatic carbocycles. The number of nitrogens with one attached hydrogen (secondary N) is 1. The van der Waals surface area contributed by atoms with E-state index in [1.165, 1.54) is 48.2 Å². The van der Waals surface area contributed by atoms with Gasteiger partial charge in [0.25, 0.3) is 0 Å². The van der Waals surface area contributed by atoms with Gasteiger partial charge in [0.05, 0.1) is 16.6 Å². The average molecular weight is 422 g/mol. The number of rotatable bonds is 5. The number of benzene rings is 3. The van der Waals surface area contributed by atoms with Gasteiger partial charge in [-0.1, -0.05) is 54.6 Å². The summed E-state index contributed by atoms with van der Waals surface area (Å²) in [6.45, 7) is 0. The Morgan fingerprint density at radius 1 is 0.844 bits per heavy atom. The number of hydrogen-bond acceptors (Lipinski definition) is 3. The number of carboxylic acids is 1. The molecular formula is C27H22N2O3. The lowest BCUT2D eigenvalue weighted by atomic mass is 9.92. The van der Waals surface area contributed by atoms with Crippen molar-refractivity contribution in [1.82, 2.24) is 9.97 Å². The zero-order valence-corrected chi connectivity index (χ0v) is 17.5. The third-order valence-electron chi connectivity index (χ3n) is 5.98. The van der Waals surface area contributed by atoms with Gasteiger partial charge in [-0.3, -0.25) is 4.79 Å². The van der Waals surface area contributed by atoms with Crippen molar-refractivity contribution in [2.24, 2.45) is 0 Å². The van der Waals surface area contributed by atoms with Crippen molar-refractivity contribution in [1.29, 1.82) is 0 Å². The number of para-hydroxylation sites is 1. The van der Waals surface area contributed by atoms with Crippen LogP contribution in [0.4, 0.5) is 0 Å². The van der Waals surface area contributed by atoms with Gasteiger partial charge in [0.15, 0.2) is 5.82 Å². The molecular weight excluding hydrogens is 400 g/mol. The summed E-state index contributed by atoms with van der Waals surface area (Å²) in [6.07, 6.45) is 7.14. The summed E-state index contributed by atoms with van der Waals surface area (Å²) < 4.78 is 0. The SMILES string of the molecule is O=C(O)c1ccc(C(=O)c2nc3c(-c4ccc(C5=CCCCC5)cc4)cccc3[nH]2)cc1. The number of imidazole rings is 1. The van der Waals surface area contributed by atoms with Crippen LogP contribution in [0.25, 0.3) is 27.7 Å². The highest BCUT2D eigenvalue weighted by Gasteiger charge is 2.17. The molecule has 0 saturated carbocycles. The number of carboxylic acid groups (broad SMARTS) is 1. The van der Waals surface area contributed by atoms with Crippen molar-refractivity contribution in [2.45, 2.75) is 25.7 Å². The van der Waals surface area contributed by atoms with Crippen molar-refractivity contribution < 1.29 is 14.7 Å². The van der Waals surface area contributed by atoms with E-state index in [0.29, 0.717) is 5.56 Å². The molecule has 0 spiro atoms. The Labute approximate surface area is 185 Å². The number of allylic oxidation sites excluding steroid dienone is 2. The second kappa shape index (κ2) is 8.27. The predicted octanol–water partition coefficient (Wildman–Crippen LogP) is 6.12. The first kappa shape index (κ1) is 19.9. The third-order valence-corrected chi connectivity index (χ3v) is 5.98. The second-order valence-electron chi connectivity index (χ2n) is 8.05. The molecule has 4 aromatic rings. The van der Waals surface area contributed by atoms with Crippen LogP contribution >= 0.6 is 0 Å². The molecule has 1 aliphatic carbocycles. The fraction of sp³-hybridized carbons (Fsp3) is 0.148. The quantitative estimate of drug-likeness (QED) is 0.380. The molecule has 0 bridgehead atoms. The molecule has 5 rings (SSSR count). The largest absolute Gasteiger partial charge is 0.478 e. The minimum atomic E-state index is -1.02. The van der Waals surface area contributed by atoms with E-state index in [9.17, 15) is 9.59 Å².